The molecule has 1 saturated carbocycles. The molecule has 0 aromatic heterocycles. The number of hydrogen-bond acceptors (Lipinski definition) is 3. The van der Waals surface area contributed by atoms with Crippen molar-refractivity contribution in [2.75, 3.05) is 40.3 Å². The van der Waals surface area contributed by atoms with Gasteiger partial charge in [0.2, 0.25) is 5.91 Å². The molecule has 1 aromatic carbocycles. The number of carbonyl (C=O) groups excluding carboxylic acids is 3. The predicted molar refractivity (Wildman–Crippen MR) is 102 cm³/mol. The van der Waals surface area contributed by atoms with E-state index in [9.17, 15) is 14.4 Å². The summed E-state index contributed by atoms with van der Waals surface area (Å²) in [5.41, 5.74) is 1.57. The highest BCUT2D eigenvalue weighted by atomic mass is 16.2. The van der Waals surface area contributed by atoms with E-state index >= 15 is 0 Å². The van der Waals surface area contributed by atoms with Crippen LogP contribution < -0.4 is 5.32 Å². The lowest BCUT2D eigenvalue weighted by molar-refractivity contribution is -0.139. The first kappa shape index (κ1) is 19.2. The summed E-state index contributed by atoms with van der Waals surface area (Å²) in [5, 5.41) is 2.92. The summed E-state index contributed by atoms with van der Waals surface area (Å²) < 4.78 is 0. The van der Waals surface area contributed by atoms with Crippen molar-refractivity contribution >= 4 is 17.8 Å². The van der Waals surface area contributed by atoms with Crippen LogP contribution >= 0.6 is 0 Å². The average molecular weight is 372 g/mol. The minimum Gasteiger partial charge on any atom is -0.345 e. The minimum atomic E-state index is -0.112. The third-order valence-electron chi connectivity index (χ3n) is 5.38. The minimum absolute atomic E-state index is 0.0418. The van der Waals surface area contributed by atoms with Gasteiger partial charge in [0.05, 0.1) is 0 Å². The van der Waals surface area contributed by atoms with Gasteiger partial charge in [-0.25, -0.2) is 4.79 Å². The van der Waals surface area contributed by atoms with E-state index in [0.717, 1.165) is 24.8 Å². The number of carbonyl (C=O) groups is 3. The molecule has 3 rings (SSSR count). The molecule has 0 atom stereocenters. The quantitative estimate of drug-likeness (QED) is 0.871. The Hall–Kier alpha value is -2.57. The zero-order valence-corrected chi connectivity index (χ0v) is 16.1. The maximum atomic E-state index is 12.4. The highest BCUT2D eigenvalue weighted by molar-refractivity contribution is 5.93. The summed E-state index contributed by atoms with van der Waals surface area (Å²) in [5.74, 6) is 0.432. The van der Waals surface area contributed by atoms with E-state index in [0.29, 0.717) is 38.3 Å². The summed E-state index contributed by atoms with van der Waals surface area (Å²) in [6.45, 7) is 2.78. The number of hydrogen-bond donors (Lipinski definition) is 1. The SMILES string of the molecule is CN(C)C(=O)c1ccc(CNC(=O)N2CCN(C(=O)C3CCC3)CC2)cc1. The number of nitrogens with zero attached hydrogens (tertiary/aromatic N) is 3. The highest BCUT2D eigenvalue weighted by Gasteiger charge is 2.31. The van der Waals surface area contributed by atoms with E-state index in [1.165, 1.54) is 4.90 Å². The van der Waals surface area contributed by atoms with E-state index < -0.39 is 0 Å². The van der Waals surface area contributed by atoms with Gasteiger partial charge >= 0.3 is 6.03 Å². The second-order valence-electron chi connectivity index (χ2n) is 7.50. The smallest absolute Gasteiger partial charge is 0.317 e. The Morgan fingerprint density at radius 1 is 1.00 bits per heavy atom. The summed E-state index contributed by atoms with van der Waals surface area (Å²) in [6, 6.07) is 7.14. The second kappa shape index (κ2) is 8.41. The summed E-state index contributed by atoms with van der Waals surface area (Å²) >= 11 is 0. The third kappa shape index (κ3) is 4.59. The van der Waals surface area contributed by atoms with Crippen LogP contribution in [0.4, 0.5) is 4.79 Å². The van der Waals surface area contributed by atoms with E-state index in [-0.39, 0.29) is 23.8 Å². The van der Waals surface area contributed by atoms with Crippen molar-refractivity contribution in [3.63, 3.8) is 0 Å². The molecule has 1 aliphatic heterocycles. The van der Waals surface area contributed by atoms with Gasteiger partial charge in [-0.1, -0.05) is 18.6 Å². The standard InChI is InChI=1S/C20H28N4O3/c1-22(2)18(25)17-8-6-15(7-9-17)14-21-20(27)24-12-10-23(11-13-24)19(26)16-4-3-5-16/h6-9,16H,3-5,10-14H2,1-2H3,(H,21,27). The Balaban J connectivity index is 1.43. The van der Waals surface area contributed by atoms with Gasteiger partial charge < -0.3 is 20.0 Å². The summed E-state index contributed by atoms with van der Waals surface area (Å²) in [6.07, 6.45) is 3.18. The van der Waals surface area contributed by atoms with Gasteiger partial charge in [-0.15, -0.1) is 0 Å². The molecule has 0 radical (unpaired) electrons. The first-order valence-electron chi connectivity index (χ1n) is 9.58. The van der Waals surface area contributed by atoms with Crippen molar-refractivity contribution in [3.05, 3.63) is 35.4 Å². The first-order chi connectivity index (χ1) is 13.0. The molecular weight excluding hydrogens is 344 g/mol. The molecule has 7 heteroatoms. The van der Waals surface area contributed by atoms with Crippen molar-refractivity contribution in [2.45, 2.75) is 25.8 Å². The van der Waals surface area contributed by atoms with Gasteiger partial charge in [0.25, 0.3) is 5.91 Å². The topological polar surface area (TPSA) is 73.0 Å². The van der Waals surface area contributed by atoms with E-state index in [1.807, 2.05) is 17.0 Å². The van der Waals surface area contributed by atoms with Gasteiger partial charge in [0, 0.05) is 58.3 Å². The zero-order chi connectivity index (χ0) is 19.4. The van der Waals surface area contributed by atoms with Gasteiger partial charge in [-0.3, -0.25) is 9.59 Å². The molecule has 0 spiro atoms. The molecule has 2 aliphatic rings. The monoisotopic (exact) mass is 372 g/mol. The van der Waals surface area contributed by atoms with Crippen LogP contribution in [0.5, 0.6) is 0 Å². The fourth-order valence-corrected chi connectivity index (χ4v) is 3.36. The molecule has 1 aliphatic carbocycles. The van der Waals surface area contributed by atoms with Gasteiger partial charge in [0.15, 0.2) is 0 Å². The van der Waals surface area contributed by atoms with Crippen molar-refractivity contribution in [3.8, 4) is 0 Å². The van der Waals surface area contributed by atoms with Crippen molar-refractivity contribution in [1.29, 1.82) is 0 Å². The number of benzene rings is 1. The summed E-state index contributed by atoms with van der Waals surface area (Å²) in [4.78, 5) is 41.7. The molecule has 0 bridgehead atoms. The number of urea groups is 1. The van der Waals surface area contributed by atoms with Crippen molar-refractivity contribution in [1.82, 2.24) is 20.0 Å². The largest absolute Gasteiger partial charge is 0.345 e. The Kier molecular flexibility index (Phi) is 5.98. The lowest BCUT2D eigenvalue weighted by Gasteiger charge is -2.38. The lowest BCUT2D eigenvalue weighted by atomic mass is 9.84. The van der Waals surface area contributed by atoms with Crippen LogP contribution in [-0.2, 0) is 11.3 Å². The van der Waals surface area contributed by atoms with Crippen LogP contribution in [-0.4, -0.2) is 72.8 Å². The Labute approximate surface area is 160 Å². The van der Waals surface area contributed by atoms with Gasteiger partial charge in [-0.05, 0) is 30.5 Å². The average Bonchev–Trinajstić information content (AvgIpc) is 2.64. The summed E-state index contributed by atoms with van der Waals surface area (Å²) in [7, 11) is 3.44. The normalized spacial score (nSPS) is 17.3. The maximum absolute atomic E-state index is 12.4. The molecule has 0 unspecified atom stereocenters. The van der Waals surface area contributed by atoms with Crippen LogP contribution in [0.25, 0.3) is 0 Å². The van der Waals surface area contributed by atoms with Crippen molar-refractivity contribution in [2.24, 2.45) is 5.92 Å². The van der Waals surface area contributed by atoms with E-state index in [1.54, 1.807) is 31.1 Å². The van der Waals surface area contributed by atoms with E-state index in [2.05, 4.69) is 5.32 Å². The number of nitrogens with one attached hydrogen (secondary N) is 1. The van der Waals surface area contributed by atoms with E-state index in [4.69, 9.17) is 0 Å². The molecule has 7 nitrogen and oxygen atoms in total. The predicted octanol–water partition coefficient (Wildman–Crippen LogP) is 1.54. The molecule has 1 heterocycles. The lowest BCUT2D eigenvalue weighted by Crippen LogP contribution is -2.54. The molecule has 4 amide bonds. The van der Waals surface area contributed by atoms with Gasteiger partial charge in [-0.2, -0.15) is 0 Å². The zero-order valence-electron chi connectivity index (χ0n) is 16.1. The fraction of sp³-hybridized carbons (Fsp3) is 0.550. The third-order valence-corrected chi connectivity index (χ3v) is 5.38. The molecule has 2 fully saturated rings. The number of amides is 4. The molecule has 1 N–H and O–H groups in total. The Morgan fingerprint density at radius 3 is 2.11 bits per heavy atom. The van der Waals surface area contributed by atoms with Crippen LogP contribution in [0.3, 0.4) is 0 Å². The van der Waals surface area contributed by atoms with Crippen molar-refractivity contribution < 1.29 is 14.4 Å². The van der Waals surface area contributed by atoms with Crippen LogP contribution in [0.15, 0.2) is 24.3 Å². The van der Waals surface area contributed by atoms with Crippen LogP contribution in [0.2, 0.25) is 0 Å². The Bertz CT molecular complexity index is 690. The number of rotatable bonds is 4. The van der Waals surface area contributed by atoms with Crippen LogP contribution in [0.1, 0.15) is 35.2 Å². The number of piperazine rings is 1. The molecular formula is C20H28N4O3. The van der Waals surface area contributed by atoms with Gasteiger partial charge in [0.1, 0.15) is 0 Å². The second-order valence-corrected chi connectivity index (χ2v) is 7.50. The molecule has 146 valence electrons. The molecule has 1 saturated heterocycles. The molecule has 27 heavy (non-hydrogen) atoms. The Morgan fingerprint density at radius 2 is 1.59 bits per heavy atom. The molecule has 1 aromatic rings. The van der Waals surface area contributed by atoms with Crippen LogP contribution in [0, 0.1) is 5.92 Å². The highest BCUT2D eigenvalue weighted by Crippen LogP contribution is 2.28. The first-order valence-corrected chi connectivity index (χ1v) is 9.58. The fourth-order valence-electron chi connectivity index (χ4n) is 3.36. The maximum Gasteiger partial charge on any atom is 0.317 e.